The molecular formula is C21H27ClN2. The van der Waals surface area contributed by atoms with Gasteiger partial charge in [0.15, 0.2) is 0 Å². The number of benzene rings is 2. The Morgan fingerprint density at radius 3 is 2.33 bits per heavy atom. The third-order valence-electron chi connectivity index (χ3n) is 4.89. The van der Waals surface area contributed by atoms with E-state index in [1.165, 1.54) is 37.1 Å². The maximum absolute atomic E-state index is 5.92. The molecule has 2 aromatic rings. The zero-order valence-corrected chi connectivity index (χ0v) is 15.0. The molecule has 3 heteroatoms. The molecule has 0 amide bonds. The Balaban J connectivity index is 1.30. The normalized spacial score (nSPS) is 16.4. The predicted octanol–water partition coefficient (Wildman–Crippen LogP) is 4.38. The second kappa shape index (κ2) is 9.22. The molecule has 2 nitrogen and oxygen atoms in total. The lowest BCUT2D eigenvalue weighted by atomic mass is 9.96. The molecule has 1 fully saturated rings. The van der Waals surface area contributed by atoms with Crippen molar-refractivity contribution < 1.29 is 0 Å². The van der Waals surface area contributed by atoms with E-state index in [9.17, 15) is 0 Å². The Morgan fingerprint density at radius 2 is 1.62 bits per heavy atom. The molecule has 0 unspecified atom stereocenters. The molecule has 0 spiro atoms. The molecule has 1 aliphatic rings. The minimum atomic E-state index is 0.814. The maximum Gasteiger partial charge on any atom is 0.0406 e. The first-order valence-corrected chi connectivity index (χ1v) is 9.39. The van der Waals surface area contributed by atoms with Crippen LogP contribution >= 0.6 is 11.6 Å². The zero-order valence-electron chi connectivity index (χ0n) is 14.3. The quantitative estimate of drug-likeness (QED) is 0.751. The van der Waals surface area contributed by atoms with Gasteiger partial charge in [0, 0.05) is 11.6 Å². The molecule has 0 bridgehead atoms. The van der Waals surface area contributed by atoms with Gasteiger partial charge in [-0.1, -0.05) is 54.1 Å². The Morgan fingerprint density at radius 1 is 0.917 bits per heavy atom. The second-order valence-electron chi connectivity index (χ2n) is 6.79. The number of nitrogens with one attached hydrogen (secondary N) is 1. The average molecular weight is 343 g/mol. The molecule has 3 rings (SSSR count). The van der Waals surface area contributed by atoms with Gasteiger partial charge in [-0.15, -0.1) is 0 Å². The first kappa shape index (κ1) is 17.5. The first-order chi connectivity index (χ1) is 11.8. The smallest absolute Gasteiger partial charge is 0.0406 e. The summed E-state index contributed by atoms with van der Waals surface area (Å²) in [5, 5.41) is 4.45. The zero-order chi connectivity index (χ0) is 16.6. The van der Waals surface area contributed by atoms with Gasteiger partial charge in [-0.25, -0.2) is 0 Å². The highest BCUT2D eigenvalue weighted by atomic mass is 35.5. The van der Waals surface area contributed by atoms with Crippen LogP contribution < -0.4 is 5.32 Å². The van der Waals surface area contributed by atoms with Gasteiger partial charge in [-0.2, -0.15) is 0 Å². The topological polar surface area (TPSA) is 15.3 Å². The van der Waals surface area contributed by atoms with Crippen LogP contribution in [-0.4, -0.2) is 31.1 Å². The summed E-state index contributed by atoms with van der Waals surface area (Å²) in [5.41, 5.74) is 2.78. The van der Waals surface area contributed by atoms with Crippen molar-refractivity contribution in [3.8, 4) is 0 Å². The van der Waals surface area contributed by atoms with Crippen molar-refractivity contribution in [2.45, 2.75) is 25.8 Å². The number of nitrogens with zero attached hydrogens (tertiary/aromatic N) is 1. The number of piperidine rings is 1. The lowest BCUT2D eigenvalue weighted by Gasteiger charge is -2.32. The van der Waals surface area contributed by atoms with E-state index in [2.05, 4.69) is 52.7 Å². The summed E-state index contributed by atoms with van der Waals surface area (Å²) in [4.78, 5) is 2.58. The van der Waals surface area contributed by atoms with Crippen molar-refractivity contribution in [1.82, 2.24) is 10.2 Å². The summed E-state index contributed by atoms with van der Waals surface area (Å²) in [6.07, 6.45) is 3.69. The molecule has 24 heavy (non-hydrogen) atoms. The van der Waals surface area contributed by atoms with E-state index in [-0.39, 0.29) is 0 Å². The van der Waals surface area contributed by atoms with E-state index in [4.69, 9.17) is 11.6 Å². The second-order valence-corrected chi connectivity index (χ2v) is 7.22. The predicted molar refractivity (Wildman–Crippen MR) is 102 cm³/mol. The van der Waals surface area contributed by atoms with Crippen molar-refractivity contribution in [3.05, 3.63) is 70.7 Å². The van der Waals surface area contributed by atoms with E-state index in [1.807, 2.05) is 12.1 Å². The minimum absolute atomic E-state index is 0.814. The summed E-state index contributed by atoms with van der Waals surface area (Å²) in [7, 11) is 0. The van der Waals surface area contributed by atoms with Gasteiger partial charge >= 0.3 is 0 Å². The molecule has 1 heterocycles. The number of hydrogen-bond donors (Lipinski definition) is 1. The van der Waals surface area contributed by atoms with Gasteiger partial charge in [0.2, 0.25) is 0 Å². The van der Waals surface area contributed by atoms with Crippen molar-refractivity contribution in [1.29, 1.82) is 0 Å². The fourth-order valence-electron chi connectivity index (χ4n) is 3.38. The highest BCUT2D eigenvalue weighted by Crippen LogP contribution is 2.18. The van der Waals surface area contributed by atoms with E-state index in [0.717, 1.165) is 37.0 Å². The molecule has 0 saturated carbocycles. The van der Waals surface area contributed by atoms with Gasteiger partial charge in [-0.05, 0) is 74.6 Å². The van der Waals surface area contributed by atoms with Crippen LogP contribution in [0.2, 0.25) is 5.02 Å². The van der Waals surface area contributed by atoms with Crippen LogP contribution in [0.25, 0.3) is 0 Å². The first-order valence-electron chi connectivity index (χ1n) is 9.01. The van der Waals surface area contributed by atoms with Crippen molar-refractivity contribution in [3.63, 3.8) is 0 Å². The van der Waals surface area contributed by atoms with Crippen LogP contribution in [0.4, 0.5) is 0 Å². The van der Waals surface area contributed by atoms with Gasteiger partial charge in [0.05, 0.1) is 0 Å². The summed E-state index contributed by atoms with van der Waals surface area (Å²) in [6, 6.07) is 19.0. The Bertz CT molecular complexity index is 589. The summed E-state index contributed by atoms with van der Waals surface area (Å²) >= 11 is 5.92. The van der Waals surface area contributed by atoms with Crippen molar-refractivity contribution in [2.24, 2.45) is 5.92 Å². The maximum atomic E-state index is 5.92. The molecule has 128 valence electrons. The molecule has 0 radical (unpaired) electrons. The van der Waals surface area contributed by atoms with Gasteiger partial charge < -0.3 is 5.32 Å². The number of rotatable bonds is 7. The van der Waals surface area contributed by atoms with Crippen LogP contribution in [-0.2, 0) is 13.0 Å². The van der Waals surface area contributed by atoms with E-state index in [0.29, 0.717) is 0 Å². The standard InChI is InChI=1S/C21H27ClN2/c22-21-8-6-18(7-9-21)10-13-23-16-19-11-14-24(15-12-19)17-20-4-2-1-3-5-20/h1-9,19,23H,10-17H2. The monoisotopic (exact) mass is 342 g/mol. The van der Waals surface area contributed by atoms with Crippen LogP contribution in [0, 0.1) is 5.92 Å². The fourth-order valence-corrected chi connectivity index (χ4v) is 3.51. The molecule has 0 aromatic heterocycles. The Labute approximate surface area is 150 Å². The third-order valence-corrected chi connectivity index (χ3v) is 5.14. The Kier molecular flexibility index (Phi) is 6.71. The van der Waals surface area contributed by atoms with Crippen LogP contribution in [0.1, 0.15) is 24.0 Å². The molecule has 0 atom stereocenters. The SMILES string of the molecule is Clc1ccc(CCNCC2CCN(Cc3ccccc3)CC2)cc1. The van der Waals surface area contributed by atoms with E-state index in [1.54, 1.807) is 0 Å². The number of hydrogen-bond acceptors (Lipinski definition) is 2. The largest absolute Gasteiger partial charge is 0.316 e. The highest BCUT2D eigenvalue weighted by Gasteiger charge is 2.18. The number of likely N-dealkylation sites (tertiary alicyclic amines) is 1. The third kappa shape index (κ3) is 5.62. The molecule has 1 N–H and O–H groups in total. The minimum Gasteiger partial charge on any atom is -0.316 e. The van der Waals surface area contributed by atoms with Crippen LogP contribution in [0.5, 0.6) is 0 Å². The van der Waals surface area contributed by atoms with Crippen LogP contribution in [0.3, 0.4) is 0 Å². The fraction of sp³-hybridized carbons (Fsp3) is 0.429. The molecule has 2 aromatic carbocycles. The van der Waals surface area contributed by atoms with Gasteiger partial charge in [0.1, 0.15) is 0 Å². The van der Waals surface area contributed by atoms with Crippen molar-refractivity contribution in [2.75, 3.05) is 26.2 Å². The van der Waals surface area contributed by atoms with E-state index < -0.39 is 0 Å². The van der Waals surface area contributed by atoms with Gasteiger partial charge in [0.25, 0.3) is 0 Å². The molecular weight excluding hydrogens is 316 g/mol. The summed E-state index contributed by atoms with van der Waals surface area (Å²) < 4.78 is 0. The van der Waals surface area contributed by atoms with E-state index >= 15 is 0 Å². The number of halogens is 1. The highest BCUT2D eigenvalue weighted by molar-refractivity contribution is 6.30. The molecule has 0 aliphatic carbocycles. The average Bonchev–Trinajstić information content (AvgIpc) is 2.62. The van der Waals surface area contributed by atoms with Crippen molar-refractivity contribution >= 4 is 11.6 Å². The summed E-state index contributed by atoms with van der Waals surface area (Å²) in [5.74, 6) is 0.822. The Hall–Kier alpha value is -1.35. The molecule has 1 aliphatic heterocycles. The molecule has 1 saturated heterocycles. The lowest BCUT2D eigenvalue weighted by Crippen LogP contribution is -2.37. The van der Waals surface area contributed by atoms with Crippen LogP contribution in [0.15, 0.2) is 54.6 Å². The lowest BCUT2D eigenvalue weighted by molar-refractivity contribution is 0.175. The van der Waals surface area contributed by atoms with Gasteiger partial charge in [-0.3, -0.25) is 4.90 Å². The summed E-state index contributed by atoms with van der Waals surface area (Å²) in [6.45, 7) is 5.73.